The van der Waals surface area contributed by atoms with Crippen molar-refractivity contribution < 1.29 is 4.39 Å². The third-order valence-corrected chi connectivity index (χ3v) is 4.38. The second-order valence-electron chi connectivity index (χ2n) is 6.35. The third kappa shape index (κ3) is 3.04. The van der Waals surface area contributed by atoms with E-state index in [9.17, 15) is 4.39 Å². The monoisotopic (exact) mass is 346 g/mol. The lowest BCUT2D eigenvalue weighted by Crippen LogP contribution is -2.15. The van der Waals surface area contributed by atoms with E-state index in [1.807, 2.05) is 56.4 Å². The summed E-state index contributed by atoms with van der Waals surface area (Å²) in [6, 6.07) is 18.5. The lowest BCUT2D eigenvalue weighted by molar-refractivity contribution is 0.627. The van der Waals surface area contributed by atoms with Gasteiger partial charge >= 0.3 is 0 Å². The van der Waals surface area contributed by atoms with Crippen LogP contribution in [0.1, 0.15) is 12.6 Å². The summed E-state index contributed by atoms with van der Waals surface area (Å²) in [5.74, 6) is 0.387. The van der Waals surface area contributed by atoms with Gasteiger partial charge in [-0.05, 0) is 37.3 Å². The second-order valence-corrected chi connectivity index (χ2v) is 6.35. The van der Waals surface area contributed by atoms with Gasteiger partial charge in [0, 0.05) is 24.9 Å². The number of aromatic nitrogens is 1. The molecule has 2 aromatic carbocycles. The first-order valence-corrected chi connectivity index (χ1v) is 8.50. The van der Waals surface area contributed by atoms with Gasteiger partial charge in [-0.25, -0.2) is 9.37 Å². The molecule has 0 saturated carbocycles. The molecule has 26 heavy (non-hydrogen) atoms. The van der Waals surface area contributed by atoms with E-state index in [-0.39, 0.29) is 5.82 Å². The molecular formula is C21H19FN4. The lowest BCUT2D eigenvalue weighted by Gasteiger charge is -2.23. The van der Waals surface area contributed by atoms with Gasteiger partial charge in [-0.2, -0.15) is 0 Å². The minimum Gasteiger partial charge on any atom is -0.352 e. The summed E-state index contributed by atoms with van der Waals surface area (Å²) in [6.45, 7) is 1.99. The van der Waals surface area contributed by atoms with Crippen molar-refractivity contribution in [2.24, 2.45) is 4.99 Å². The van der Waals surface area contributed by atoms with Crippen molar-refractivity contribution in [2.45, 2.75) is 13.3 Å². The minimum atomic E-state index is -0.282. The molecule has 0 unspecified atom stereocenters. The Bertz CT molecular complexity index is 983. The maximum absolute atomic E-state index is 14.3. The number of anilines is 4. The molecule has 0 bridgehead atoms. The predicted molar refractivity (Wildman–Crippen MR) is 105 cm³/mol. The van der Waals surface area contributed by atoms with Crippen LogP contribution in [0.2, 0.25) is 0 Å². The summed E-state index contributed by atoms with van der Waals surface area (Å²) in [7, 11) is 1.83. The highest BCUT2D eigenvalue weighted by Gasteiger charge is 2.21. The van der Waals surface area contributed by atoms with E-state index in [4.69, 9.17) is 4.98 Å². The molecule has 130 valence electrons. The summed E-state index contributed by atoms with van der Waals surface area (Å²) in [5, 5.41) is 3.39. The van der Waals surface area contributed by atoms with Crippen molar-refractivity contribution in [1.82, 2.24) is 4.98 Å². The molecule has 0 atom stereocenters. The maximum Gasteiger partial charge on any atom is 0.157 e. The van der Waals surface area contributed by atoms with Crippen molar-refractivity contribution in [3.8, 4) is 0 Å². The summed E-state index contributed by atoms with van der Waals surface area (Å²) in [6.07, 6.45) is 0.721. The Kier molecular flexibility index (Phi) is 4.13. The van der Waals surface area contributed by atoms with Gasteiger partial charge in [0.25, 0.3) is 0 Å². The molecule has 1 aliphatic heterocycles. The number of nitrogens with one attached hydrogen (secondary N) is 1. The van der Waals surface area contributed by atoms with Crippen LogP contribution in [0.25, 0.3) is 0 Å². The normalized spacial score (nSPS) is 12.5. The number of hydrogen-bond donors (Lipinski definition) is 1. The first-order chi connectivity index (χ1) is 12.6. The molecule has 1 aromatic heterocycles. The Morgan fingerprint density at radius 1 is 1.04 bits per heavy atom. The second kappa shape index (κ2) is 6.59. The number of nitrogens with zero attached hydrogens (tertiary/aromatic N) is 3. The SMILES string of the molecule is CC1=Nc2cc(Nc3ccccc3)c(N(C)c3ccccc3F)nc2C1. The summed E-state index contributed by atoms with van der Waals surface area (Å²) < 4.78 is 14.3. The highest BCUT2D eigenvalue weighted by Crippen LogP contribution is 2.38. The molecule has 1 aliphatic rings. The van der Waals surface area contributed by atoms with Gasteiger partial charge in [-0.3, -0.25) is 4.99 Å². The van der Waals surface area contributed by atoms with E-state index >= 15 is 0 Å². The van der Waals surface area contributed by atoms with Crippen LogP contribution in [0.5, 0.6) is 0 Å². The number of para-hydroxylation sites is 2. The molecule has 0 spiro atoms. The molecular weight excluding hydrogens is 327 g/mol. The molecule has 2 heterocycles. The van der Waals surface area contributed by atoms with E-state index in [1.165, 1.54) is 6.07 Å². The van der Waals surface area contributed by atoms with Crippen LogP contribution in [0, 0.1) is 5.82 Å². The first kappa shape index (κ1) is 16.3. The molecule has 0 saturated heterocycles. The van der Waals surface area contributed by atoms with E-state index in [2.05, 4.69) is 10.3 Å². The number of fused-ring (bicyclic) bond motifs is 1. The Morgan fingerprint density at radius 3 is 2.54 bits per heavy atom. The Balaban J connectivity index is 1.80. The van der Waals surface area contributed by atoms with Gasteiger partial charge in [0.1, 0.15) is 5.82 Å². The summed E-state index contributed by atoms with van der Waals surface area (Å²) in [4.78, 5) is 11.1. The van der Waals surface area contributed by atoms with Crippen molar-refractivity contribution in [3.63, 3.8) is 0 Å². The zero-order valence-corrected chi connectivity index (χ0v) is 14.7. The molecule has 0 aliphatic carbocycles. The van der Waals surface area contributed by atoms with Gasteiger partial charge in [0.05, 0.1) is 22.8 Å². The van der Waals surface area contributed by atoms with Crippen LogP contribution in [0.3, 0.4) is 0 Å². The standard InChI is InChI=1S/C21H19FN4/c1-14-12-17-18(23-14)13-19(24-15-8-4-3-5-9-15)21(25-17)26(2)20-11-7-6-10-16(20)22/h3-11,13,24H,12H2,1-2H3. The smallest absolute Gasteiger partial charge is 0.157 e. The number of hydrogen-bond acceptors (Lipinski definition) is 4. The molecule has 0 amide bonds. The van der Waals surface area contributed by atoms with Crippen LogP contribution in [0.4, 0.5) is 33.0 Å². The number of aliphatic imine (C=N–C) groups is 1. The van der Waals surface area contributed by atoms with Crippen LogP contribution in [-0.2, 0) is 6.42 Å². The zero-order chi connectivity index (χ0) is 18.1. The third-order valence-electron chi connectivity index (χ3n) is 4.38. The predicted octanol–water partition coefficient (Wildman–Crippen LogP) is 5.38. The van der Waals surface area contributed by atoms with Crippen molar-refractivity contribution >= 4 is 34.3 Å². The van der Waals surface area contributed by atoms with Gasteiger partial charge in [0.15, 0.2) is 5.82 Å². The molecule has 1 N–H and O–H groups in total. The van der Waals surface area contributed by atoms with Crippen LogP contribution in [-0.4, -0.2) is 17.7 Å². The minimum absolute atomic E-state index is 0.282. The van der Waals surface area contributed by atoms with Gasteiger partial charge in [-0.15, -0.1) is 0 Å². The molecule has 4 nitrogen and oxygen atoms in total. The zero-order valence-electron chi connectivity index (χ0n) is 14.7. The number of benzene rings is 2. The molecule has 0 radical (unpaired) electrons. The first-order valence-electron chi connectivity index (χ1n) is 8.50. The highest BCUT2D eigenvalue weighted by molar-refractivity contribution is 5.93. The topological polar surface area (TPSA) is 40.5 Å². The fourth-order valence-corrected chi connectivity index (χ4v) is 3.11. The Labute approximate surface area is 152 Å². The van der Waals surface area contributed by atoms with Gasteiger partial charge in [-0.1, -0.05) is 30.3 Å². The Morgan fingerprint density at radius 2 is 1.77 bits per heavy atom. The van der Waals surface area contributed by atoms with Crippen LogP contribution >= 0.6 is 0 Å². The maximum atomic E-state index is 14.3. The fraction of sp³-hybridized carbons (Fsp3) is 0.143. The van der Waals surface area contributed by atoms with Gasteiger partial charge < -0.3 is 10.2 Å². The number of halogens is 1. The summed E-state index contributed by atoms with van der Waals surface area (Å²) >= 11 is 0. The molecule has 5 heteroatoms. The van der Waals surface area contributed by atoms with Crippen molar-refractivity contribution in [1.29, 1.82) is 0 Å². The fourth-order valence-electron chi connectivity index (χ4n) is 3.11. The largest absolute Gasteiger partial charge is 0.352 e. The number of rotatable bonds is 4. The Hall–Kier alpha value is -3.21. The lowest BCUT2D eigenvalue weighted by atomic mass is 10.2. The quantitative estimate of drug-likeness (QED) is 0.689. The number of pyridine rings is 1. The van der Waals surface area contributed by atoms with Gasteiger partial charge in [0.2, 0.25) is 0 Å². The van der Waals surface area contributed by atoms with E-state index in [0.29, 0.717) is 11.5 Å². The van der Waals surface area contributed by atoms with E-state index in [1.54, 1.807) is 17.0 Å². The van der Waals surface area contributed by atoms with Crippen LogP contribution in [0.15, 0.2) is 65.7 Å². The average molecular weight is 346 g/mol. The van der Waals surface area contributed by atoms with Crippen molar-refractivity contribution in [2.75, 3.05) is 17.3 Å². The van der Waals surface area contributed by atoms with E-state index in [0.717, 1.165) is 34.9 Å². The highest BCUT2D eigenvalue weighted by atomic mass is 19.1. The average Bonchev–Trinajstić information content (AvgIpc) is 3.01. The molecule has 0 fully saturated rings. The van der Waals surface area contributed by atoms with Crippen LogP contribution < -0.4 is 10.2 Å². The van der Waals surface area contributed by atoms with Crippen molar-refractivity contribution in [3.05, 3.63) is 72.2 Å². The molecule has 4 rings (SSSR count). The summed E-state index contributed by atoms with van der Waals surface area (Å²) in [5.41, 5.74) is 5.02. The molecule has 3 aromatic rings. The van der Waals surface area contributed by atoms with E-state index < -0.39 is 0 Å².